The molecule has 1 atom stereocenters. The van der Waals surface area contributed by atoms with Gasteiger partial charge < -0.3 is 20.1 Å². The highest BCUT2D eigenvalue weighted by Crippen LogP contribution is 2.41. The lowest BCUT2D eigenvalue weighted by Crippen LogP contribution is -2.36. The lowest BCUT2D eigenvalue weighted by Gasteiger charge is -2.31. The van der Waals surface area contributed by atoms with Gasteiger partial charge in [0.1, 0.15) is 13.2 Å². The van der Waals surface area contributed by atoms with Gasteiger partial charge in [-0.25, -0.2) is 0 Å². The molecule has 90 valence electrons. The molecule has 5 heteroatoms. The number of carbonyl (C=O) groups is 1. The van der Waals surface area contributed by atoms with Gasteiger partial charge in [0.05, 0.1) is 5.69 Å². The van der Waals surface area contributed by atoms with Crippen molar-refractivity contribution in [1.29, 1.82) is 0 Å². The zero-order chi connectivity index (χ0) is 12.0. The Hall–Kier alpha value is -1.75. The summed E-state index contributed by atoms with van der Waals surface area (Å²) in [6.07, 6.45) is 0.336. The van der Waals surface area contributed by atoms with E-state index >= 15 is 0 Å². The van der Waals surface area contributed by atoms with Crippen LogP contribution in [0.2, 0.25) is 0 Å². The highest BCUT2D eigenvalue weighted by molar-refractivity contribution is 5.97. The molecule has 2 heterocycles. The summed E-state index contributed by atoms with van der Waals surface area (Å²) in [5.74, 6) is 1.43. The standard InChI is InChI=1S/C12H14N2O3/c1-14-9-6-11-10(16-2-3-17-11)4-7(9)8(13)5-12(14)15/h4,6,8H,2-3,5,13H2,1H3. The van der Waals surface area contributed by atoms with Crippen LogP contribution in [-0.2, 0) is 4.79 Å². The molecule has 2 N–H and O–H groups in total. The second-order valence-electron chi connectivity index (χ2n) is 4.32. The van der Waals surface area contributed by atoms with Gasteiger partial charge in [0.2, 0.25) is 5.91 Å². The fourth-order valence-electron chi connectivity index (χ4n) is 2.25. The average Bonchev–Trinajstić information content (AvgIpc) is 2.34. The molecule has 2 aliphatic rings. The third kappa shape index (κ3) is 1.54. The summed E-state index contributed by atoms with van der Waals surface area (Å²) in [6.45, 7) is 1.09. The SMILES string of the molecule is CN1C(=O)CC(N)c2cc3c(cc21)OCCO3. The van der Waals surface area contributed by atoms with E-state index in [2.05, 4.69) is 0 Å². The third-order valence-electron chi connectivity index (χ3n) is 3.22. The normalized spacial score (nSPS) is 22.4. The predicted molar refractivity (Wildman–Crippen MR) is 62.4 cm³/mol. The number of benzene rings is 1. The van der Waals surface area contributed by atoms with Gasteiger partial charge in [-0.05, 0) is 11.6 Å². The van der Waals surface area contributed by atoms with Crippen molar-refractivity contribution in [3.05, 3.63) is 17.7 Å². The molecule has 0 fully saturated rings. The number of hydrogen-bond acceptors (Lipinski definition) is 4. The van der Waals surface area contributed by atoms with Crippen LogP contribution in [0.25, 0.3) is 0 Å². The molecule has 1 unspecified atom stereocenters. The molecule has 0 aromatic heterocycles. The monoisotopic (exact) mass is 234 g/mol. The number of rotatable bonds is 0. The van der Waals surface area contributed by atoms with E-state index in [-0.39, 0.29) is 11.9 Å². The van der Waals surface area contributed by atoms with E-state index in [1.807, 2.05) is 12.1 Å². The molecule has 5 nitrogen and oxygen atoms in total. The summed E-state index contributed by atoms with van der Waals surface area (Å²) in [5, 5.41) is 0. The van der Waals surface area contributed by atoms with Crippen LogP contribution in [0.5, 0.6) is 11.5 Å². The first kappa shape index (κ1) is 10.4. The van der Waals surface area contributed by atoms with Crippen LogP contribution in [0.15, 0.2) is 12.1 Å². The van der Waals surface area contributed by atoms with Crippen molar-refractivity contribution in [3.8, 4) is 11.5 Å². The minimum absolute atomic E-state index is 0.0293. The zero-order valence-corrected chi connectivity index (χ0v) is 9.60. The van der Waals surface area contributed by atoms with Crippen LogP contribution in [0.4, 0.5) is 5.69 Å². The van der Waals surface area contributed by atoms with Crippen LogP contribution >= 0.6 is 0 Å². The number of amides is 1. The largest absolute Gasteiger partial charge is 0.486 e. The minimum Gasteiger partial charge on any atom is -0.486 e. The molecule has 0 saturated carbocycles. The van der Waals surface area contributed by atoms with E-state index in [1.165, 1.54) is 0 Å². The van der Waals surface area contributed by atoms with Crippen LogP contribution in [0, 0.1) is 0 Å². The molecule has 17 heavy (non-hydrogen) atoms. The summed E-state index contributed by atoms with van der Waals surface area (Å²) < 4.78 is 11.0. The first-order valence-corrected chi connectivity index (χ1v) is 5.62. The first-order chi connectivity index (χ1) is 8.16. The molecular formula is C12H14N2O3. The third-order valence-corrected chi connectivity index (χ3v) is 3.22. The Morgan fingerprint density at radius 3 is 2.65 bits per heavy atom. The van der Waals surface area contributed by atoms with E-state index in [1.54, 1.807) is 11.9 Å². The van der Waals surface area contributed by atoms with Gasteiger partial charge in [-0.1, -0.05) is 0 Å². The highest BCUT2D eigenvalue weighted by atomic mass is 16.6. The second kappa shape index (κ2) is 3.63. The van der Waals surface area contributed by atoms with Gasteiger partial charge in [0, 0.05) is 25.6 Å². The molecule has 0 spiro atoms. The second-order valence-corrected chi connectivity index (χ2v) is 4.32. The van der Waals surface area contributed by atoms with Gasteiger partial charge in [-0.15, -0.1) is 0 Å². The smallest absolute Gasteiger partial charge is 0.228 e. The van der Waals surface area contributed by atoms with Crippen molar-refractivity contribution in [3.63, 3.8) is 0 Å². The van der Waals surface area contributed by atoms with E-state index in [4.69, 9.17) is 15.2 Å². The Bertz CT molecular complexity index is 487. The van der Waals surface area contributed by atoms with Gasteiger partial charge in [0.25, 0.3) is 0 Å². The molecule has 0 bridgehead atoms. The number of carbonyl (C=O) groups excluding carboxylic acids is 1. The first-order valence-electron chi connectivity index (χ1n) is 5.62. The summed E-state index contributed by atoms with van der Waals surface area (Å²) >= 11 is 0. The number of anilines is 1. The predicted octanol–water partition coefficient (Wildman–Crippen LogP) is 0.824. The molecule has 1 aromatic carbocycles. The Morgan fingerprint density at radius 1 is 1.29 bits per heavy atom. The van der Waals surface area contributed by atoms with E-state index in [0.29, 0.717) is 31.1 Å². The molecule has 0 saturated heterocycles. The van der Waals surface area contributed by atoms with Gasteiger partial charge in [-0.2, -0.15) is 0 Å². The molecule has 0 aliphatic carbocycles. The van der Waals surface area contributed by atoms with Crippen molar-refractivity contribution in [2.45, 2.75) is 12.5 Å². The maximum absolute atomic E-state index is 11.7. The lowest BCUT2D eigenvalue weighted by molar-refractivity contribution is -0.119. The van der Waals surface area contributed by atoms with E-state index in [0.717, 1.165) is 11.3 Å². The van der Waals surface area contributed by atoms with Crippen LogP contribution in [0.3, 0.4) is 0 Å². The number of nitrogens with zero attached hydrogens (tertiary/aromatic N) is 1. The fourth-order valence-corrected chi connectivity index (χ4v) is 2.25. The Kier molecular flexibility index (Phi) is 2.22. The summed E-state index contributed by atoms with van der Waals surface area (Å²) in [6, 6.07) is 3.46. The van der Waals surface area contributed by atoms with Crippen molar-refractivity contribution in [1.82, 2.24) is 0 Å². The van der Waals surface area contributed by atoms with Crippen molar-refractivity contribution >= 4 is 11.6 Å². The van der Waals surface area contributed by atoms with Gasteiger partial charge in [0.15, 0.2) is 11.5 Å². The topological polar surface area (TPSA) is 64.8 Å². The van der Waals surface area contributed by atoms with Gasteiger partial charge >= 0.3 is 0 Å². The summed E-state index contributed by atoms with van der Waals surface area (Å²) in [4.78, 5) is 13.3. The fraction of sp³-hybridized carbons (Fsp3) is 0.417. The minimum atomic E-state index is -0.260. The number of ether oxygens (including phenoxy) is 2. The Labute approximate surface area is 99.1 Å². The van der Waals surface area contributed by atoms with Crippen LogP contribution in [-0.4, -0.2) is 26.2 Å². The summed E-state index contributed by atoms with van der Waals surface area (Å²) in [5.41, 5.74) is 7.75. The highest BCUT2D eigenvalue weighted by Gasteiger charge is 2.29. The van der Waals surface area contributed by atoms with E-state index in [9.17, 15) is 4.79 Å². The Morgan fingerprint density at radius 2 is 1.94 bits per heavy atom. The maximum atomic E-state index is 11.7. The molecule has 0 radical (unpaired) electrons. The number of fused-ring (bicyclic) bond motifs is 2. The molecular weight excluding hydrogens is 220 g/mol. The molecule has 2 aliphatic heterocycles. The van der Waals surface area contributed by atoms with Gasteiger partial charge in [-0.3, -0.25) is 4.79 Å². The van der Waals surface area contributed by atoms with Crippen molar-refractivity contribution in [2.24, 2.45) is 5.73 Å². The zero-order valence-electron chi connectivity index (χ0n) is 9.60. The molecule has 3 rings (SSSR count). The lowest BCUT2D eigenvalue weighted by atomic mass is 9.96. The van der Waals surface area contributed by atoms with Crippen molar-refractivity contribution in [2.75, 3.05) is 25.2 Å². The van der Waals surface area contributed by atoms with E-state index < -0.39 is 0 Å². The maximum Gasteiger partial charge on any atom is 0.228 e. The molecule has 1 aromatic rings. The molecule has 1 amide bonds. The van der Waals surface area contributed by atoms with Crippen molar-refractivity contribution < 1.29 is 14.3 Å². The van der Waals surface area contributed by atoms with Crippen LogP contribution < -0.4 is 20.1 Å². The number of nitrogens with two attached hydrogens (primary N) is 1. The van der Waals surface area contributed by atoms with Crippen LogP contribution in [0.1, 0.15) is 18.0 Å². The number of hydrogen-bond donors (Lipinski definition) is 1. The summed E-state index contributed by atoms with van der Waals surface area (Å²) in [7, 11) is 1.75. The quantitative estimate of drug-likeness (QED) is 0.722. The average molecular weight is 234 g/mol. The Balaban J connectivity index is 2.14.